The Hall–Kier alpha value is -5.54. The van der Waals surface area contributed by atoms with E-state index in [4.69, 9.17) is 15.2 Å². The van der Waals surface area contributed by atoms with Crippen LogP contribution >= 0.6 is 0 Å². The molecule has 242 valence electrons. The highest BCUT2D eigenvalue weighted by atomic mass is 19.4. The van der Waals surface area contributed by atoms with Crippen molar-refractivity contribution in [1.29, 1.82) is 5.26 Å². The Morgan fingerprint density at radius 1 is 1.24 bits per heavy atom. The van der Waals surface area contributed by atoms with Crippen LogP contribution in [0.3, 0.4) is 0 Å². The van der Waals surface area contributed by atoms with Gasteiger partial charge in [0.05, 0.1) is 35.7 Å². The zero-order valence-electron chi connectivity index (χ0n) is 24.2. The number of aliphatic hydroxyl groups excluding tert-OH is 1. The van der Waals surface area contributed by atoms with Crippen LogP contribution < -0.4 is 21.3 Å². The van der Waals surface area contributed by atoms with Gasteiger partial charge in [-0.2, -0.15) is 23.5 Å². The van der Waals surface area contributed by atoms with Gasteiger partial charge in [0.1, 0.15) is 6.54 Å². The second kappa shape index (κ2) is 14.5. The van der Waals surface area contributed by atoms with E-state index in [0.29, 0.717) is 29.8 Å². The Bertz CT molecular complexity index is 1760. The van der Waals surface area contributed by atoms with Gasteiger partial charge in [0, 0.05) is 49.5 Å². The molecule has 2 atom stereocenters. The first-order valence-electron chi connectivity index (χ1n) is 13.7. The lowest BCUT2D eigenvalue weighted by Crippen LogP contribution is -2.43. The number of benzene rings is 1. The van der Waals surface area contributed by atoms with Crippen LogP contribution in [0.25, 0.3) is 16.9 Å². The summed E-state index contributed by atoms with van der Waals surface area (Å²) in [6.45, 7) is 1.95. The molecule has 0 aliphatic carbocycles. The van der Waals surface area contributed by atoms with E-state index in [1.54, 1.807) is 31.2 Å². The van der Waals surface area contributed by atoms with Crippen LogP contribution in [0, 0.1) is 18.3 Å². The summed E-state index contributed by atoms with van der Waals surface area (Å²) >= 11 is 0. The summed E-state index contributed by atoms with van der Waals surface area (Å²) in [4.78, 5) is 41.7. The van der Waals surface area contributed by atoms with Crippen molar-refractivity contribution in [2.24, 2.45) is 0 Å². The normalized spacial score (nSPS) is 15.8. The third-order valence-corrected chi connectivity index (χ3v) is 6.83. The van der Waals surface area contributed by atoms with Crippen molar-refractivity contribution in [3.8, 4) is 17.3 Å². The number of nitrogens with zero attached hydrogens (tertiary/aromatic N) is 6. The molecule has 1 aliphatic rings. The number of alkyl halides is 3. The third-order valence-electron chi connectivity index (χ3n) is 6.83. The minimum atomic E-state index is -4.74. The Balaban J connectivity index is 0.00000154. The van der Waals surface area contributed by atoms with Gasteiger partial charge in [0.25, 0.3) is 12.4 Å². The Morgan fingerprint density at radius 2 is 1.98 bits per heavy atom. The number of aliphatic hydroxyl groups is 1. The Morgan fingerprint density at radius 3 is 2.63 bits per heavy atom. The summed E-state index contributed by atoms with van der Waals surface area (Å²) in [5, 5.41) is 40.4. The lowest BCUT2D eigenvalue weighted by molar-refractivity contribution is -0.141. The van der Waals surface area contributed by atoms with Crippen molar-refractivity contribution >= 4 is 35.4 Å². The number of fused-ring (bicyclic) bond motifs is 1. The van der Waals surface area contributed by atoms with Crippen LogP contribution in [0.1, 0.15) is 28.0 Å². The van der Waals surface area contributed by atoms with Gasteiger partial charge < -0.3 is 31.5 Å². The van der Waals surface area contributed by atoms with E-state index in [-0.39, 0.29) is 60.6 Å². The number of amides is 2. The number of hydrogen-bond donors (Lipinski definition) is 6. The molecule has 46 heavy (non-hydrogen) atoms. The minimum Gasteiger partial charge on any atom is -0.483 e. The lowest BCUT2D eigenvalue weighted by atomic mass is 10.1. The number of carbonyl (C=O) groups is 3. The molecule has 1 aromatic carbocycles. The van der Waals surface area contributed by atoms with E-state index in [1.807, 2.05) is 0 Å². The SMILES string of the molecule is Cc1cc(Nc2nccn3c(-c4cn(CC#N)nc4C(F)(F)F)cnc23)ccc1C(=O)NCCNC(=O)[C@@H]1C[C@@H](O)CN1.O=CO. The zero-order valence-corrected chi connectivity index (χ0v) is 24.2. The topological polar surface area (TPSA) is 212 Å². The van der Waals surface area contributed by atoms with E-state index in [2.05, 4.69) is 36.3 Å². The number of hydrogen-bond acceptors (Lipinski definition) is 10. The fourth-order valence-electron chi connectivity index (χ4n) is 4.81. The molecule has 18 heteroatoms. The number of nitriles is 1. The highest BCUT2D eigenvalue weighted by Gasteiger charge is 2.38. The maximum Gasteiger partial charge on any atom is 0.435 e. The first-order valence-corrected chi connectivity index (χ1v) is 13.7. The highest BCUT2D eigenvalue weighted by Crippen LogP contribution is 2.37. The molecule has 0 saturated carbocycles. The van der Waals surface area contributed by atoms with Crippen molar-refractivity contribution in [2.75, 3.05) is 25.0 Å². The maximum atomic E-state index is 13.7. The fourth-order valence-corrected chi connectivity index (χ4v) is 4.81. The van der Waals surface area contributed by atoms with Gasteiger partial charge in [0.15, 0.2) is 17.2 Å². The molecule has 0 radical (unpaired) electrons. The van der Waals surface area contributed by atoms with Crippen molar-refractivity contribution in [3.05, 3.63) is 59.8 Å². The number of anilines is 2. The van der Waals surface area contributed by atoms with Crippen LogP contribution in [0.5, 0.6) is 0 Å². The molecular formula is C28H29F3N10O5. The van der Waals surface area contributed by atoms with Crippen LogP contribution in [-0.2, 0) is 22.3 Å². The monoisotopic (exact) mass is 642 g/mol. The van der Waals surface area contributed by atoms with Gasteiger partial charge >= 0.3 is 6.18 Å². The molecule has 3 aromatic heterocycles. The Kier molecular flexibility index (Phi) is 10.5. The number of nitrogens with one attached hydrogen (secondary N) is 4. The number of aryl methyl sites for hydroxylation is 1. The van der Waals surface area contributed by atoms with Crippen molar-refractivity contribution in [2.45, 2.75) is 38.2 Å². The molecule has 1 aliphatic heterocycles. The smallest absolute Gasteiger partial charge is 0.435 e. The number of rotatable bonds is 9. The number of β-amino-alcohol motifs (C(OH)–C–C–N with tert-alkyl or cyclic N) is 1. The number of imidazole rings is 1. The number of carboxylic acid groups (broad SMARTS) is 1. The van der Waals surface area contributed by atoms with Crippen LogP contribution in [0.15, 0.2) is 43.0 Å². The molecule has 4 heterocycles. The van der Waals surface area contributed by atoms with Gasteiger partial charge in [-0.25, -0.2) is 9.97 Å². The summed E-state index contributed by atoms with van der Waals surface area (Å²) in [5.41, 5.74) is 0.638. The van der Waals surface area contributed by atoms with Crippen LogP contribution in [0.4, 0.5) is 24.7 Å². The number of aromatic nitrogens is 5. The predicted octanol–water partition coefficient (Wildman–Crippen LogP) is 1.46. The van der Waals surface area contributed by atoms with Gasteiger partial charge in [-0.15, -0.1) is 0 Å². The van der Waals surface area contributed by atoms with Gasteiger partial charge in [-0.3, -0.25) is 23.5 Å². The third kappa shape index (κ3) is 7.75. The first-order chi connectivity index (χ1) is 22.0. The molecular weight excluding hydrogens is 613 g/mol. The summed E-state index contributed by atoms with van der Waals surface area (Å²) in [7, 11) is 0. The molecule has 2 amide bonds. The fraction of sp³-hybridized carbons (Fsp3) is 0.321. The second-order valence-electron chi connectivity index (χ2n) is 10.0. The molecule has 0 unspecified atom stereocenters. The average molecular weight is 643 g/mol. The van der Waals surface area contributed by atoms with Crippen LogP contribution in [-0.4, -0.2) is 84.4 Å². The first kappa shape index (κ1) is 33.4. The lowest BCUT2D eigenvalue weighted by Gasteiger charge is -2.13. The number of halogens is 3. The largest absolute Gasteiger partial charge is 0.483 e. The molecule has 15 nitrogen and oxygen atoms in total. The van der Waals surface area contributed by atoms with E-state index < -0.39 is 24.0 Å². The standard InChI is InChI=1S/C27H27F3N10O3.CH2O2/c1-15-10-16(2-3-18(15)25(42)33-5-6-34-26(43)20-11-17(41)12-35-20)37-23-24-36-13-21(40(24)9-7-32-23)19-14-39(8-4-31)38-22(19)27(28,29)30;2-1-3/h2-3,7,9-10,13-14,17,20,35,41H,5-6,8,11-12H2,1H3,(H,32,37)(H,33,42)(H,34,43);1H,(H,2,3)/t17-,20+;/m1./s1. The average Bonchev–Trinajstić information content (AvgIpc) is 3.74. The van der Waals surface area contributed by atoms with E-state index in [0.717, 1.165) is 10.9 Å². The maximum absolute atomic E-state index is 13.7. The van der Waals surface area contributed by atoms with E-state index >= 15 is 0 Å². The predicted molar refractivity (Wildman–Crippen MR) is 156 cm³/mol. The second-order valence-corrected chi connectivity index (χ2v) is 10.0. The van der Waals surface area contributed by atoms with Crippen molar-refractivity contribution in [3.63, 3.8) is 0 Å². The van der Waals surface area contributed by atoms with Crippen molar-refractivity contribution in [1.82, 2.24) is 40.1 Å². The summed E-state index contributed by atoms with van der Waals surface area (Å²) in [6.07, 6.45) is 0.367. The molecule has 0 bridgehead atoms. The molecule has 1 saturated heterocycles. The zero-order chi connectivity index (χ0) is 33.4. The summed E-state index contributed by atoms with van der Waals surface area (Å²) in [6, 6.07) is 6.32. The van der Waals surface area contributed by atoms with Crippen molar-refractivity contribution < 1.29 is 37.8 Å². The summed E-state index contributed by atoms with van der Waals surface area (Å²) in [5.74, 6) is -0.299. The molecule has 1 fully saturated rings. The number of carbonyl (C=O) groups excluding carboxylic acids is 2. The molecule has 6 N–H and O–H groups in total. The minimum absolute atomic E-state index is 0.119. The quantitative estimate of drug-likeness (QED) is 0.114. The van der Waals surface area contributed by atoms with Gasteiger partial charge in [-0.05, 0) is 37.1 Å². The van der Waals surface area contributed by atoms with Gasteiger partial charge in [0.2, 0.25) is 5.91 Å². The molecule has 4 aromatic rings. The summed E-state index contributed by atoms with van der Waals surface area (Å²) < 4.78 is 43.5. The Labute approximate surface area is 259 Å². The van der Waals surface area contributed by atoms with E-state index in [1.165, 1.54) is 23.0 Å². The molecule has 5 rings (SSSR count). The van der Waals surface area contributed by atoms with Gasteiger partial charge in [-0.1, -0.05) is 0 Å². The van der Waals surface area contributed by atoms with E-state index in [9.17, 15) is 27.9 Å². The molecule has 0 spiro atoms. The van der Waals surface area contributed by atoms with Crippen LogP contribution in [0.2, 0.25) is 0 Å². The highest BCUT2D eigenvalue weighted by molar-refractivity contribution is 5.96.